The van der Waals surface area contributed by atoms with E-state index in [-0.39, 0.29) is 6.42 Å². The molecule has 1 heterocycles. The van der Waals surface area contributed by atoms with Gasteiger partial charge in [-0.25, -0.2) is 13.8 Å². The Hall–Kier alpha value is -1.71. The van der Waals surface area contributed by atoms with Crippen molar-refractivity contribution in [3.63, 3.8) is 0 Å². The molecule has 15 heavy (non-hydrogen) atoms. The van der Waals surface area contributed by atoms with Gasteiger partial charge in [-0.2, -0.15) is 0 Å². The number of aryl methyl sites for hydroxylation is 1. The number of halogens is 2. The Morgan fingerprint density at radius 1 is 1.33 bits per heavy atom. The smallest absolute Gasteiger partial charge is 0.198 e. The standard InChI is InChI=1S/C11H9F2NO/c1-7-6-14-11(15-7)4-8-2-3-9(12)5-10(8)13/h2-3,5-6H,4H2,1H3. The highest BCUT2D eigenvalue weighted by atomic mass is 19.1. The van der Waals surface area contributed by atoms with Gasteiger partial charge in [-0.05, 0) is 18.6 Å². The molecule has 0 radical (unpaired) electrons. The zero-order valence-electron chi connectivity index (χ0n) is 8.13. The highest BCUT2D eigenvalue weighted by Gasteiger charge is 2.08. The number of aromatic nitrogens is 1. The van der Waals surface area contributed by atoms with E-state index in [9.17, 15) is 8.78 Å². The van der Waals surface area contributed by atoms with Gasteiger partial charge in [0.05, 0.1) is 12.6 Å². The van der Waals surface area contributed by atoms with Gasteiger partial charge < -0.3 is 4.42 Å². The molecule has 0 unspecified atom stereocenters. The zero-order chi connectivity index (χ0) is 10.8. The van der Waals surface area contributed by atoms with E-state index in [4.69, 9.17) is 4.42 Å². The largest absolute Gasteiger partial charge is 0.446 e. The molecule has 0 N–H and O–H groups in total. The summed E-state index contributed by atoms with van der Waals surface area (Å²) in [6, 6.07) is 3.46. The average Bonchev–Trinajstić information content (AvgIpc) is 2.56. The second kappa shape index (κ2) is 3.81. The number of hydrogen-bond acceptors (Lipinski definition) is 2. The van der Waals surface area contributed by atoms with Gasteiger partial charge in [-0.1, -0.05) is 6.07 Å². The van der Waals surface area contributed by atoms with E-state index < -0.39 is 11.6 Å². The van der Waals surface area contributed by atoms with E-state index in [2.05, 4.69) is 4.98 Å². The molecule has 0 fully saturated rings. The molecule has 1 aromatic carbocycles. The molecular formula is C11H9F2NO. The Labute approximate surface area is 85.6 Å². The number of benzene rings is 1. The van der Waals surface area contributed by atoms with Crippen molar-refractivity contribution in [3.8, 4) is 0 Å². The van der Waals surface area contributed by atoms with Crippen molar-refractivity contribution in [2.75, 3.05) is 0 Å². The van der Waals surface area contributed by atoms with E-state index in [0.717, 1.165) is 6.07 Å². The molecular weight excluding hydrogens is 200 g/mol. The van der Waals surface area contributed by atoms with Crippen LogP contribution in [0.3, 0.4) is 0 Å². The van der Waals surface area contributed by atoms with Crippen LogP contribution in [0.5, 0.6) is 0 Å². The first-order valence-electron chi connectivity index (χ1n) is 4.50. The molecule has 2 aromatic rings. The minimum Gasteiger partial charge on any atom is -0.446 e. The first-order valence-corrected chi connectivity index (χ1v) is 4.50. The molecule has 0 aliphatic heterocycles. The Balaban J connectivity index is 2.24. The summed E-state index contributed by atoms with van der Waals surface area (Å²) in [4.78, 5) is 3.95. The summed E-state index contributed by atoms with van der Waals surface area (Å²) in [5.41, 5.74) is 0.373. The molecule has 4 heteroatoms. The van der Waals surface area contributed by atoms with Gasteiger partial charge in [0.25, 0.3) is 0 Å². The summed E-state index contributed by atoms with van der Waals surface area (Å²) in [7, 11) is 0. The monoisotopic (exact) mass is 209 g/mol. The van der Waals surface area contributed by atoms with E-state index in [1.165, 1.54) is 12.1 Å². The lowest BCUT2D eigenvalue weighted by atomic mass is 10.1. The predicted octanol–water partition coefficient (Wildman–Crippen LogP) is 2.85. The van der Waals surface area contributed by atoms with Gasteiger partial charge in [0, 0.05) is 6.07 Å². The highest BCUT2D eigenvalue weighted by molar-refractivity contribution is 5.21. The molecule has 2 rings (SSSR count). The van der Waals surface area contributed by atoms with Crippen molar-refractivity contribution in [2.24, 2.45) is 0 Å². The van der Waals surface area contributed by atoms with Crippen LogP contribution in [0, 0.1) is 18.6 Å². The summed E-state index contributed by atoms with van der Waals surface area (Å²) >= 11 is 0. The quantitative estimate of drug-likeness (QED) is 0.760. The molecule has 2 nitrogen and oxygen atoms in total. The molecule has 1 aromatic heterocycles. The minimum absolute atomic E-state index is 0.236. The number of rotatable bonds is 2. The Bertz CT molecular complexity index is 479. The lowest BCUT2D eigenvalue weighted by Gasteiger charge is -1.99. The third-order valence-corrected chi connectivity index (χ3v) is 2.03. The third-order valence-electron chi connectivity index (χ3n) is 2.03. The van der Waals surface area contributed by atoms with Crippen LogP contribution in [0.2, 0.25) is 0 Å². The molecule has 0 bridgehead atoms. The molecule has 0 spiro atoms. The predicted molar refractivity (Wildman–Crippen MR) is 50.4 cm³/mol. The highest BCUT2D eigenvalue weighted by Crippen LogP contribution is 2.14. The molecule has 78 valence electrons. The Morgan fingerprint density at radius 2 is 2.13 bits per heavy atom. The molecule has 0 amide bonds. The number of nitrogens with zero attached hydrogens (tertiary/aromatic N) is 1. The SMILES string of the molecule is Cc1cnc(Cc2ccc(F)cc2F)o1. The topological polar surface area (TPSA) is 26.0 Å². The summed E-state index contributed by atoms with van der Waals surface area (Å²) in [6.45, 7) is 1.76. The number of hydrogen-bond donors (Lipinski definition) is 0. The van der Waals surface area contributed by atoms with Crippen molar-refractivity contribution in [3.05, 3.63) is 53.2 Å². The lowest BCUT2D eigenvalue weighted by molar-refractivity contribution is 0.476. The summed E-state index contributed by atoms with van der Waals surface area (Å²) in [5, 5.41) is 0. The fourth-order valence-electron chi connectivity index (χ4n) is 1.31. The summed E-state index contributed by atoms with van der Waals surface area (Å²) < 4.78 is 31.0. The fraction of sp³-hybridized carbons (Fsp3) is 0.182. The van der Waals surface area contributed by atoms with Crippen LogP contribution in [0.25, 0.3) is 0 Å². The first kappa shape index (κ1) is 9.83. The number of oxazole rings is 1. The lowest BCUT2D eigenvalue weighted by Crippen LogP contribution is -1.93. The molecule has 0 aliphatic rings. The van der Waals surface area contributed by atoms with E-state index in [1.54, 1.807) is 13.1 Å². The fourth-order valence-corrected chi connectivity index (χ4v) is 1.31. The maximum atomic E-state index is 13.2. The molecule has 0 saturated carbocycles. The van der Waals surface area contributed by atoms with E-state index >= 15 is 0 Å². The van der Waals surface area contributed by atoms with Gasteiger partial charge in [-0.15, -0.1) is 0 Å². The van der Waals surface area contributed by atoms with E-state index in [1.807, 2.05) is 0 Å². The zero-order valence-corrected chi connectivity index (χ0v) is 8.13. The Morgan fingerprint density at radius 3 is 2.73 bits per heavy atom. The van der Waals surface area contributed by atoms with Crippen LogP contribution in [0.15, 0.2) is 28.8 Å². The normalized spacial score (nSPS) is 10.6. The minimum atomic E-state index is -0.583. The van der Waals surface area contributed by atoms with Crippen molar-refractivity contribution in [1.29, 1.82) is 0 Å². The van der Waals surface area contributed by atoms with Crippen molar-refractivity contribution in [1.82, 2.24) is 4.98 Å². The molecule has 0 saturated heterocycles. The Kier molecular flexibility index (Phi) is 2.49. The van der Waals surface area contributed by atoms with Gasteiger partial charge in [0.2, 0.25) is 0 Å². The average molecular weight is 209 g/mol. The van der Waals surface area contributed by atoms with Crippen LogP contribution in [-0.2, 0) is 6.42 Å². The van der Waals surface area contributed by atoms with Crippen LogP contribution in [-0.4, -0.2) is 4.98 Å². The van der Waals surface area contributed by atoms with Gasteiger partial charge >= 0.3 is 0 Å². The maximum Gasteiger partial charge on any atom is 0.198 e. The van der Waals surface area contributed by atoms with Crippen LogP contribution < -0.4 is 0 Å². The van der Waals surface area contributed by atoms with Crippen molar-refractivity contribution in [2.45, 2.75) is 13.3 Å². The molecule has 0 aliphatic carbocycles. The summed E-state index contributed by atoms with van der Waals surface area (Å²) in [5.74, 6) is -0.0591. The van der Waals surface area contributed by atoms with Gasteiger partial charge in [0.15, 0.2) is 5.89 Å². The third kappa shape index (κ3) is 2.21. The second-order valence-electron chi connectivity index (χ2n) is 3.28. The van der Waals surface area contributed by atoms with Gasteiger partial charge in [-0.3, -0.25) is 0 Å². The summed E-state index contributed by atoms with van der Waals surface area (Å²) in [6.07, 6.45) is 1.80. The second-order valence-corrected chi connectivity index (χ2v) is 3.28. The molecule has 0 atom stereocenters. The van der Waals surface area contributed by atoms with Crippen LogP contribution >= 0.6 is 0 Å². The van der Waals surface area contributed by atoms with Crippen LogP contribution in [0.4, 0.5) is 8.78 Å². The van der Waals surface area contributed by atoms with Gasteiger partial charge in [0.1, 0.15) is 17.4 Å². The van der Waals surface area contributed by atoms with Crippen molar-refractivity contribution < 1.29 is 13.2 Å². The van der Waals surface area contributed by atoms with Crippen molar-refractivity contribution >= 4 is 0 Å². The van der Waals surface area contributed by atoms with Crippen LogP contribution in [0.1, 0.15) is 17.2 Å². The maximum absolute atomic E-state index is 13.2. The first-order chi connectivity index (χ1) is 7.15. The van der Waals surface area contributed by atoms with E-state index in [0.29, 0.717) is 17.2 Å².